The van der Waals surface area contributed by atoms with Gasteiger partial charge in [-0.3, -0.25) is 9.59 Å². The molecule has 0 bridgehead atoms. The molecular formula is C19H12ClF3N2O3. The molecular weight excluding hydrogens is 397 g/mol. The quantitative estimate of drug-likeness (QED) is 0.648. The van der Waals surface area contributed by atoms with E-state index in [2.05, 4.69) is 15.0 Å². The summed E-state index contributed by atoms with van der Waals surface area (Å²) < 4.78 is 40.7. The first kappa shape index (κ1) is 19.5. The summed E-state index contributed by atoms with van der Waals surface area (Å²) in [6.07, 6.45) is -4.85. The van der Waals surface area contributed by atoms with E-state index in [4.69, 9.17) is 11.6 Å². The Labute approximate surface area is 161 Å². The summed E-state index contributed by atoms with van der Waals surface area (Å²) in [6.45, 7) is 0. The number of aromatic nitrogens is 1. The number of nitrogens with one attached hydrogen (secondary N) is 2. The second-order valence-electron chi connectivity index (χ2n) is 5.65. The van der Waals surface area contributed by atoms with Crippen LogP contribution in [-0.4, -0.2) is 17.3 Å². The molecule has 1 heterocycles. The van der Waals surface area contributed by atoms with E-state index in [0.717, 1.165) is 12.1 Å². The van der Waals surface area contributed by atoms with Crippen molar-refractivity contribution in [2.45, 2.75) is 6.36 Å². The van der Waals surface area contributed by atoms with Crippen LogP contribution in [0.15, 0.2) is 65.5 Å². The molecule has 0 aliphatic carbocycles. The Bertz CT molecular complexity index is 1060. The predicted octanol–water partition coefficient (Wildman–Crippen LogP) is 4.85. The number of pyridine rings is 1. The lowest BCUT2D eigenvalue weighted by atomic mass is 10.1. The van der Waals surface area contributed by atoms with Gasteiger partial charge in [0.25, 0.3) is 11.5 Å². The first-order valence-electron chi connectivity index (χ1n) is 7.88. The largest absolute Gasteiger partial charge is 0.573 e. The molecule has 28 heavy (non-hydrogen) atoms. The molecule has 0 saturated heterocycles. The van der Waals surface area contributed by atoms with Crippen LogP contribution in [0.25, 0.3) is 11.3 Å². The molecule has 5 nitrogen and oxygen atoms in total. The van der Waals surface area contributed by atoms with Crippen molar-refractivity contribution in [2.24, 2.45) is 0 Å². The van der Waals surface area contributed by atoms with Crippen LogP contribution in [-0.2, 0) is 0 Å². The molecule has 3 aromatic rings. The SMILES string of the molecule is O=C(Nc1cccc(OC(F)(F)F)c1)c1ccc(-c2ccc(Cl)cc2)[nH]c1=O. The first-order chi connectivity index (χ1) is 13.2. The molecule has 144 valence electrons. The van der Waals surface area contributed by atoms with Crippen LogP contribution in [0.2, 0.25) is 5.02 Å². The number of benzene rings is 2. The van der Waals surface area contributed by atoms with E-state index in [0.29, 0.717) is 16.3 Å². The van der Waals surface area contributed by atoms with Crippen molar-refractivity contribution in [1.29, 1.82) is 0 Å². The third-order valence-corrected chi connectivity index (χ3v) is 3.89. The number of halogens is 4. The van der Waals surface area contributed by atoms with Gasteiger partial charge in [0.1, 0.15) is 11.3 Å². The van der Waals surface area contributed by atoms with Gasteiger partial charge in [0.05, 0.1) is 0 Å². The Morgan fingerprint density at radius 2 is 1.75 bits per heavy atom. The summed E-state index contributed by atoms with van der Waals surface area (Å²) in [5, 5.41) is 2.91. The van der Waals surface area contributed by atoms with E-state index in [1.54, 1.807) is 30.3 Å². The minimum Gasteiger partial charge on any atom is -0.406 e. The number of amides is 1. The highest BCUT2D eigenvalue weighted by molar-refractivity contribution is 6.30. The number of hydrogen-bond acceptors (Lipinski definition) is 3. The standard InChI is InChI=1S/C19H12ClF3N2O3/c20-12-6-4-11(5-7-12)16-9-8-15(18(27)25-16)17(26)24-13-2-1-3-14(10-13)28-19(21,22)23/h1-10H,(H,24,26)(H,25,27). The third-order valence-electron chi connectivity index (χ3n) is 3.63. The van der Waals surface area contributed by atoms with Gasteiger partial charge in [0, 0.05) is 22.5 Å². The molecule has 2 N–H and O–H groups in total. The fourth-order valence-corrected chi connectivity index (χ4v) is 2.55. The normalized spacial score (nSPS) is 11.1. The molecule has 0 spiro atoms. The molecule has 0 aliphatic heterocycles. The van der Waals surface area contributed by atoms with E-state index in [1.165, 1.54) is 18.2 Å². The zero-order chi connectivity index (χ0) is 20.3. The van der Waals surface area contributed by atoms with Crippen LogP contribution < -0.4 is 15.6 Å². The highest BCUT2D eigenvalue weighted by Crippen LogP contribution is 2.25. The molecule has 1 amide bonds. The van der Waals surface area contributed by atoms with Gasteiger partial charge in [0.2, 0.25) is 0 Å². The third kappa shape index (κ3) is 4.92. The van der Waals surface area contributed by atoms with Crippen molar-refractivity contribution in [3.05, 3.63) is 81.6 Å². The number of H-pyrrole nitrogens is 1. The van der Waals surface area contributed by atoms with E-state index in [9.17, 15) is 22.8 Å². The molecule has 2 aromatic carbocycles. The van der Waals surface area contributed by atoms with Crippen molar-refractivity contribution < 1.29 is 22.7 Å². The maximum atomic E-state index is 12.3. The van der Waals surface area contributed by atoms with Gasteiger partial charge in [-0.05, 0) is 42.0 Å². The topological polar surface area (TPSA) is 71.2 Å². The lowest BCUT2D eigenvalue weighted by molar-refractivity contribution is -0.274. The zero-order valence-electron chi connectivity index (χ0n) is 14.0. The summed E-state index contributed by atoms with van der Waals surface area (Å²) in [4.78, 5) is 27.2. The lowest BCUT2D eigenvalue weighted by Gasteiger charge is -2.11. The van der Waals surface area contributed by atoms with Crippen molar-refractivity contribution in [3.63, 3.8) is 0 Å². The smallest absolute Gasteiger partial charge is 0.406 e. The molecule has 0 fully saturated rings. The molecule has 0 aliphatic rings. The summed E-state index contributed by atoms with van der Waals surface area (Å²) in [5.41, 5.74) is 0.393. The number of anilines is 1. The molecule has 0 unspecified atom stereocenters. The van der Waals surface area contributed by atoms with Crippen molar-refractivity contribution in [1.82, 2.24) is 4.98 Å². The average Bonchev–Trinajstić information content (AvgIpc) is 2.61. The predicted molar refractivity (Wildman–Crippen MR) is 98.6 cm³/mol. The molecule has 0 atom stereocenters. The number of aromatic amines is 1. The maximum absolute atomic E-state index is 12.3. The summed E-state index contributed by atoms with van der Waals surface area (Å²) in [7, 11) is 0. The van der Waals surface area contributed by atoms with Crippen LogP contribution in [0.4, 0.5) is 18.9 Å². The van der Waals surface area contributed by atoms with Crippen LogP contribution in [0.5, 0.6) is 5.75 Å². The van der Waals surface area contributed by atoms with Crippen LogP contribution >= 0.6 is 11.6 Å². The number of ether oxygens (including phenoxy) is 1. The summed E-state index contributed by atoms with van der Waals surface area (Å²) in [5.74, 6) is -1.26. The Kier molecular flexibility index (Phi) is 5.41. The van der Waals surface area contributed by atoms with Gasteiger partial charge in [-0.15, -0.1) is 13.2 Å². The Morgan fingerprint density at radius 3 is 2.39 bits per heavy atom. The van der Waals surface area contributed by atoms with Crippen molar-refractivity contribution >= 4 is 23.2 Å². The Hall–Kier alpha value is -3.26. The minimum absolute atomic E-state index is 0.0490. The van der Waals surface area contributed by atoms with E-state index in [1.807, 2.05) is 0 Å². The lowest BCUT2D eigenvalue weighted by Crippen LogP contribution is -2.23. The van der Waals surface area contributed by atoms with E-state index >= 15 is 0 Å². The fourth-order valence-electron chi connectivity index (χ4n) is 2.42. The zero-order valence-corrected chi connectivity index (χ0v) is 14.8. The highest BCUT2D eigenvalue weighted by atomic mass is 35.5. The molecule has 0 radical (unpaired) electrons. The first-order valence-corrected chi connectivity index (χ1v) is 8.25. The van der Waals surface area contributed by atoms with Gasteiger partial charge in [-0.1, -0.05) is 29.8 Å². The van der Waals surface area contributed by atoms with Gasteiger partial charge >= 0.3 is 6.36 Å². The second kappa shape index (κ2) is 7.77. The maximum Gasteiger partial charge on any atom is 0.573 e. The van der Waals surface area contributed by atoms with Gasteiger partial charge in [-0.2, -0.15) is 0 Å². The van der Waals surface area contributed by atoms with Crippen LogP contribution in [0.1, 0.15) is 10.4 Å². The second-order valence-corrected chi connectivity index (χ2v) is 6.09. The van der Waals surface area contributed by atoms with Gasteiger partial charge in [0.15, 0.2) is 0 Å². The number of hydrogen-bond donors (Lipinski definition) is 2. The Morgan fingerprint density at radius 1 is 1.04 bits per heavy atom. The summed E-state index contributed by atoms with van der Waals surface area (Å²) >= 11 is 5.82. The van der Waals surface area contributed by atoms with Crippen LogP contribution in [0.3, 0.4) is 0 Å². The molecule has 3 rings (SSSR count). The average molecular weight is 409 g/mol. The van der Waals surface area contributed by atoms with Crippen LogP contribution in [0, 0.1) is 0 Å². The number of rotatable bonds is 4. The van der Waals surface area contributed by atoms with Crippen molar-refractivity contribution in [2.75, 3.05) is 5.32 Å². The van der Waals surface area contributed by atoms with Gasteiger partial charge < -0.3 is 15.0 Å². The number of alkyl halides is 3. The van der Waals surface area contributed by atoms with Gasteiger partial charge in [-0.25, -0.2) is 0 Å². The summed E-state index contributed by atoms with van der Waals surface area (Å²) in [6, 6.07) is 14.4. The highest BCUT2D eigenvalue weighted by Gasteiger charge is 2.31. The molecule has 9 heteroatoms. The number of carbonyl (C=O) groups is 1. The minimum atomic E-state index is -4.85. The fraction of sp³-hybridized carbons (Fsp3) is 0.0526. The Balaban J connectivity index is 1.79. The number of carbonyl (C=O) groups excluding carboxylic acids is 1. The monoisotopic (exact) mass is 408 g/mol. The van der Waals surface area contributed by atoms with Crippen molar-refractivity contribution in [3.8, 4) is 17.0 Å². The van der Waals surface area contributed by atoms with E-state index < -0.39 is 23.6 Å². The van der Waals surface area contributed by atoms with E-state index in [-0.39, 0.29) is 11.3 Å². The molecule has 1 aromatic heterocycles. The molecule has 0 saturated carbocycles.